The highest BCUT2D eigenvalue weighted by Gasteiger charge is 2.33. The first-order valence-corrected chi connectivity index (χ1v) is 13.1. The van der Waals surface area contributed by atoms with Crippen LogP contribution in [0.4, 0.5) is 18.0 Å². The van der Waals surface area contributed by atoms with Crippen LogP contribution in [-0.2, 0) is 17.5 Å². The highest BCUT2D eigenvalue weighted by molar-refractivity contribution is 5.83. The lowest BCUT2D eigenvalue weighted by Gasteiger charge is -2.37. The Morgan fingerprint density at radius 1 is 1.13 bits per heavy atom. The van der Waals surface area contributed by atoms with Crippen LogP contribution in [0.25, 0.3) is 10.9 Å². The summed E-state index contributed by atoms with van der Waals surface area (Å²) in [6, 6.07) is 12.8. The number of carbonyl (C=O) groups excluding carboxylic acids is 2. The lowest BCUT2D eigenvalue weighted by Crippen LogP contribution is -2.48. The standard InChI is InChI=1S/C28H32F3N5O3/c29-28(30,31)22-4-3-5-23(13-22)39-18-19-12-20(26(37)32-8-10-36-11-9-33-27(36)38)16-35(15-19)17-21-14-34-25-7-2-1-6-24(21)25/h1-7,13-14,19-20,34H,8-12,15-18H2,(H,32,37)(H,33,38)/t19-,20+/m0/s1. The Morgan fingerprint density at radius 2 is 1.97 bits per heavy atom. The van der Waals surface area contributed by atoms with Gasteiger partial charge in [0.1, 0.15) is 5.75 Å². The van der Waals surface area contributed by atoms with E-state index < -0.39 is 11.7 Å². The van der Waals surface area contributed by atoms with Crippen LogP contribution < -0.4 is 15.4 Å². The number of nitrogens with one attached hydrogen (secondary N) is 3. The first kappa shape index (κ1) is 26.9. The van der Waals surface area contributed by atoms with E-state index in [0.717, 1.165) is 28.6 Å². The van der Waals surface area contributed by atoms with Gasteiger partial charge in [-0.1, -0.05) is 24.3 Å². The Bertz CT molecular complexity index is 1310. The molecule has 5 rings (SSSR count). The fourth-order valence-corrected chi connectivity index (χ4v) is 5.41. The molecule has 39 heavy (non-hydrogen) atoms. The van der Waals surface area contributed by atoms with Gasteiger partial charge in [-0.05, 0) is 36.2 Å². The summed E-state index contributed by atoms with van der Waals surface area (Å²) in [6.45, 7) is 4.04. The summed E-state index contributed by atoms with van der Waals surface area (Å²) in [7, 11) is 0. The zero-order valence-electron chi connectivity index (χ0n) is 21.5. The fraction of sp³-hybridized carbons (Fsp3) is 0.429. The second-order valence-electron chi connectivity index (χ2n) is 10.2. The number of aromatic nitrogens is 1. The fourth-order valence-electron chi connectivity index (χ4n) is 5.41. The summed E-state index contributed by atoms with van der Waals surface area (Å²) in [5.74, 6) is -0.309. The van der Waals surface area contributed by atoms with Crippen molar-refractivity contribution in [2.24, 2.45) is 11.8 Å². The second kappa shape index (κ2) is 11.6. The number of fused-ring (bicyclic) bond motifs is 1. The third kappa shape index (κ3) is 6.65. The predicted octanol–water partition coefficient (Wildman–Crippen LogP) is 3.85. The van der Waals surface area contributed by atoms with Gasteiger partial charge in [0.2, 0.25) is 5.91 Å². The van der Waals surface area contributed by atoms with E-state index in [1.807, 2.05) is 24.4 Å². The SMILES string of the molecule is O=C(NCCN1CCNC1=O)[C@@H]1C[C@H](COc2cccc(C(F)(F)F)c2)CN(Cc2c[nH]c3ccccc23)C1. The van der Waals surface area contributed by atoms with Crippen molar-refractivity contribution >= 4 is 22.8 Å². The third-order valence-corrected chi connectivity index (χ3v) is 7.33. The summed E-state index contributed by atoms with van der Waals surface area (Å²) < 4.78 is 45.2. The molecule has 3 aromatic rings. The molecule has 208 valence electrons. The molecule has 0 saturated carbocycles. The zero-order valence-corrected chi connectivity index (χ0v) is 21.5. The van der Waals surface area contributed by atoms with Crippen molar-refractivity contribution in [1.82, 2.24) is 25.4 Å². The van der Waals surface area contributed by atoms with Gasteiger partial charge >= 0.3 is 12.2 Å². The van der Waals surface area contributed by atoms with Crippen LogP contribution in [0.2, 0.25) is 0 Å². The maximum absolute atomic E-state index is 13.2. The van der Waals surface area contributed by atoms with E-state index in [1.165, 1.54) is 12.1 Å². The van der Waals surface area contributed by atoms with Crippen molar-refractivity contribution in [3.05, 3.63) is 65.9 Å². The third-order valence-electron chi connectivity index (χ3n) is 7.33. The van der Waals surface area contributed by atoms with Gasteiger partial charge in [-0.15, -0.1) is 0 Å². The van der Waals surface area contributed by atoms with Gasteiger partial charge in [0.15, 0.2) is 0 Å². The van der Waals surface area contributed by atoms with Crippen LogP contribution >= 0.6 is 0 Å². The molecule has 3 heterocycles. The molecular weight excluding hydrogens is 511 g/mol. The van der Waals surface area contributed by atoms with Gasteiger partial charge in [-0.3, -0.25) is 9.69 Å². The van der Waals surface area contributed by atoms with Crippen LogP contribution in [0.1, 0.15) is 17.5 Å². The van der Waals surface area contributed by atoms with Crippen molar-refractivity contribution in [2.45, 2.75) is 19.1 Å². The van der Waals surface area contributed by atoms with E-state index >= 15 is 0 Å². The van der Waals surface area contributed by atoms with E-state index in [9.17, 15) is 22.8 Å². The Hall–Kier alpha value is -3.73. The molecule has 1 aromatic heterocycles. The average Bonchev–Trinajstić information content (AvgIpc) is 3.52. The average molecular weight is 544 g/mol. The van der Waals surface area contributed by atoms with Gasteiger partial charge in [0.25, 0.3) is 0 Å². The zero-order chi connectivity index (χ0) is 27.4. The quantitative estimate of drug-likeness (QED) is 0.383. The first-order valence-electron chi connectivity index (χ1n) is 13.1. The second-order valence-corrected chi connectivity index (χ2v) is 10.2. The van der Waals surface area contributed by atoms with Gasteiger partial charge in [-0.25, -0.2) is 4.79 Å². The molecule has 3 amide bonds. The van der Waals surface area contributed by atoms with Gasteiger partial charge in [0, 0.05) is 68.8 Å². The van der Waals surface area contributed by atoms with Gasteiger partial charge < -0.3 is 25.3 Å². The molecule has 0 spiro atoms. The Kier molecular flexibility index (Phi) is 7.97. The number of hydrogen-bond donors (Lipinski definition) is 3. The van der Waals surface area contributed by atoms with Gasteiger partial charge in [0.05, 0.1) is 18.1 Å². The number of aromatic amines is 1. The van der Waals surface area contributed by atoms with Crippen molar-refractivity contribution in [2.75, 3.05) is 45.9 Å². The number of ether oxygens (including phenoxy) is 1. The molecule has 11 heteroatoms. The number of alkyl halides is 3. The highest BCUT2D eigenvalue weighted by Crippen LogP contribution is 2.32. The summed E-state index contributed by atoms with van der Waals surface area (Å²) in [6.07, 6.45) is -1.91. The smallest absolute Gasteiger partial charge is 0.416 e. The number of carbonyl (C=O) groups is 2. The number of nitrogens with zero attached hydrogens (tertiary/aromatic N) is 2. The molecular formula is C28H32F3N5O3. The Balaban J connectivity index is 1.25. The summed E-state index contributed by atoms with van der Waals surface area (Å²) in [4.78, 5) is 32.1. The minimum atomic E-state index is -4.45. The molecule has 0 unspecified atom stereocenters. The first-order chi connectivity index (χ1) is 18.8. The number of amides is 3. The van der Waals surface area contributed by atoms with Crippen molar-refractivity contribution < 1.29 is 27.5 Å². The monoisotopic (exact) mass is 543 g/mol. The molecule has 2 aliphatic heterocycles. The van der Waals surface area contributed by atoms with E-state index in [-0.39, 0.29) is 36.1 Å². The number of para-hydroxylation sites is 1. The number of piperidine rings is 1. The van der Waals surface area contributed by atoms with E-state index in [4.69, 9.17) is 4.74 Å². The number of likely N-dealkylation sites (tertiary alicyclic amines) is 1. The molecule has 0 bridgehead atoms. The van der Waals surface area contributed by atoms with Crippen LogP contribution in [-0.4, -0.2) is 72.6 Å². The maximum Gasteiger partial charge on any atom is 0.416 e. The molecule has 8 nitrogen and oxygen atoms in total. The molecule has 0 aliphatic carbocycles. The van der Waals surface area contributed by atoms with Crippen LogP contribution in [0.3, 0.4) is 0 Å². The minimum absolute atomic E-state index is 0.0568. The minimum Gasteiger partial charge on any atom is -0.493 e. The topological polar surface area (TPSA) is 89.7 Å². The van der Waals surface area contributed by atoms with E-state index in [0.29, 0.717) is 52.2 Å². The number of hydrogen-bond acceptors (Lipinski definition) is 4. The Labute approximate surface area is 224 Å². The van der Waals surface area contributed by atoms with Crippen molar-refractivity contribution in [3.63, 3.8) is 0 Å². The molecule has 3 N–H and O–H groups in total. The molecule has 0 radical (unpaired) electrons. The molecule has 2 aliphatic rings. The summed E-state index contributed by atoms with van der Waals surface area (Å²) in [5, 5.41) is 6.83. The molecule has 2 atom stereocenters. The highest BCUT2D eigenvalue weighted by atomic mass is 19.4. The molecule has 2 fully saturated rings. The number of halogens is 3. The van der Waals surface area contributed by atoms with Crippen molar-refractivity contribution in [3.8, 4) is 5.75 Å². The van der Waals surface area contributed by atoms with Crippen LogP contribution in [0, 0.1) is 11.8 Å². The summed E-state index contributed by atoms with van der Waals surface area (Å²) >= 11 is 0. The van der Waals surface area contributed by atoms with Gasteiger partial charge in [-0.2, -0.15) is 13.2 Å². The van der Waals surface area contributed by atoms with Crippen LogP contribution in [0.5, 0.6) is 5.75 Å². The number of rotatable bonds is 9. The maximum atomic E-state index is 13.2. The lowest BCUT2D eigenvalue weighted by atomic mass is 9.88. The summed E-state index contributed by atoms with van der Waals surface area (Å²) in [5.41, 5.74) is 1.40. The van der Waals surface area contributed by atoms with Crippen molar-refractivity contribution in [1.29, 1.82) is 0 Å². The lowest BCUT2D eigenvalue weighted by molar-refractivity contribution is -0.137. The Morgan fingerprint density at radius 3 is 2.77 bits per heavy atom. The largest absolute Gasteiger partial charge is 0.493 e. The number of benzene rings is 2. The van der Waals surface area contributed by atoms with Crippen LogP contribution in [0.15, 0.2) is 54.7 Å². The van der Waals surface area contributed by atoms with E-state index in [1.54, 1.807) is 4.90 Å². The van der Waals surface area contributed by atoms with E-state index in [2.05, 4.69) is 26.6 Å². The predicted molar refractivity (Wildman–Crippen MR) is 140 cm³/mol. The normalized spacial score (nSPS) is 20.3. The molecule has 2 saturated heterocycles. The molecule has 2 aromatic carbocycles. The number of H-pyrrole nitrogens is 1. The number of urea groups is 1.